The minimum atomic E-state index is -3.48. The fraction of sp³-hybridized carbons (Fsp3) is 0.667. The fourth-order valence-electron chi connectivity index (χ4n) is 1.94. The average molecular weight is 288 g/mol. The summed E-state index contributed by atoms with van der Waals surface area (Å²) in [5.41, 5.74) is 0. The number of nitrogens with zero attached hydrogens (tertiary/aromatic N) is 1. The van der Waals surface area contributed by atoms with E-state index in [0.29, 0.717) is 24.5 Å². The van der Waals surface area contributed by atoms with Gasteiger partial charge >= 0.3 is 0 Å². The number of sulfonamides is 1. The summed E-state index contributed by atoms with van der Waals surface area (Å²) in [6.07, 6.45) is 2.32. The Balaban J connectivity index is 1.88. The molecule has 0 spiro atoms. The lowest BCUT2D eigenvalue weighted by atomic mass is 9.89. The van der Waals surface area contributed by atoms with Crippen molar-refractivity contribution in [3.63, 3.8) is 0 Å². The van der Waals surface area contributed by atoms with Crippen molar-refractivity contribution in [2.24, 2.45) is 0 Å². The van der Waals surface area contributed by atoms with E-state index >= 15 is 0 Å². The molecule has 0 radical (unpaired) electrons. The van der Waals surface area contributed by atoms with Crippen molar-refractivity contribution < 1.29 is 17.6 Å². The van der Waals surface area contributed by atoms with Gasteiger partial charge < -0.3 is 14.5 Å². The van der Waals surface area contributed by atoms with Crippen LogP contribution < -0.4 is 5.32 Å². The molecule has 7 heteroatoms. The first-order chi connectivity index (χ1) is 8.93. The van der Waals surface area contributed by atoms with Crippen LogP contribution in [0, 0.1) is 0 Å². The average Bonchev–Trinajstić information content (AvgIpc) is 2.76. The molecule has 0 aromatic carbocycles. The van der Waals surface area contributed by atoms with Gasteiger partial charge in [0.2, 0.25) is 5.09 Å². The van der Waals surface area contributed by atoms with Crippen molar-refractivity contribution >= 4 is 10.0 Å². The summed E-state index contributed by atoms with van der Waals surface area (Å²) in [6, 6.07) is 3.60. The number of furan rings is 1. The van der Waals surface area contributed by atoms with E-state index in [2.05, 4.69) is 5.32 Å². The fourth-order valence-corrected chi connectivity index (χ4v) is 2.75. The Kier molecular flexibility index (Phi) is 4.29. The quantitative estimate of drug-likeness (QED) is 0.838. The normalized spacial score (nSPS) is 23.6. The summed E-state index contributed by atoms with van der Waals surface area (Å²) in [5, 5.41) is 3.30. The van der Waals surface area contributed by atoms with Crippen LogP contribution in [0.5, 0.6) is 0 Å². The molecular weight excluding hydrogens is 268 g/mol. The van der Waals surface area contributed by atoms with E-state index in [0.717, 1.165) is 17.1 Å². The van der Waals surface area contributed by atoms with E-state index in [1.54, 1.807) is 13.2 Å². The third-order valence-corrected chi connectivity index (χ3v) is 5.05. The minimum absolute atomic E-state index is 0.0160. The van der Waals surface area contributed by atoms with Crippen LogP contribution in [-0.4, -0.2) is 46.1 Å². The van der Waals surface area contributed by atoms with E-state index in [1.165, 1.54) is 20.2 Å². The highest BCUT2D eigenvalue weighted by molar-refractivity contribution is 7.88. The van der Waals surface area contributed by atoms with Gasteiger partial charge in [-0.25, -0.2) is 12.7 Å². The van der Waals surface area contributed by atoms with Gasteiger partial charge in [0, 0.05) is 27.2 Å². The maximum atomic E-state index is 11.8. The lowest BCUT2D eigenvalue weighted by Crippen LogP contribution is -2.44. The summed E-state index contributed by atoms with van der Waals surface area (Å²) in [7, 11) is 1.20. The first-order valence-corrected chi connectivity index (χ1v) is 7.65. The van der Waals surface area contributed by atoms with Crippen molar-refractivity contribution in [3.05, 3.63) is 17.9 Å². The zero-order chi connectivity index (χ0) is 14.0. The van der Waals surface area contributed by atoms with E-state index in [1.807, 2.05) is 0 Å². The molecule has 108 valence electrons. The first-order valence-electron chi connectivity index (χ1n) is 6.21. The van der Waals surface area contributed by atoms with Crippen LogP contribution in [0.3, 0.4) is 0 Å². The van der Waals surface area contributed by atoms with E-state index in [9.17, 15) is 8.42 Å². The molecule has 1 fully saturated rings. The topological polar surface area (TPSA) is 71.8 Å². The van der Waals surface area contributed by atoms with Crippen LogP contribution in [0.2, 0.25) is 0 Å². The summed E-state index contributed by atoms with van der Waals surface area (Å²) < 4.78 is 35.3. The van der Waals surface area contributed by atoms with Crippen molar-refractivity contribution in [1.29, 1.82) is 0 Å². The van der Waals surface area contributed by atoms with Crippen LogP contribution in [0.4, 0.5) is 0 Å². The SMILES string of the molecule is COC1CC(NCc2ccc(S(=O)(=O)N(C)C)o2)C1. The predicted molar refractivity (Wildman–Crippen MR) is 70.2 cm³/mol. The van der Waals surface area contributed by atoms with E-state index in [4.69, 9.17) is 9.15 Å². The molecule has 6 nitrogen and oxygen atoms in total. The zero-order valence-corrected chi connectivity index (χ0v) is 12.2. The maximum absolute atomic E-state index is 11.8. The molecule has 1 aromatic rings. The second kappa shape index (κ2) is 5.62. The standard InChI is InChI=1S/C12H20N2O4S/c1-14(2)19(15,16)12-5-4-10(18-12)8-13-9-6-11(7-9)17-3/h4-5,9,11,13H,6-8H2,1-3H3. The van der Waals surface area contributed by atoms with Crippen LogP contribution >= 0.6 is 0 Å². The van der Waals surface area contributed by atoms with Gasteiger partial charge in [-0.15, -0.1) is 0 Å². The summed E-state index contributed by atoms with van der Waals surface area (Å²) in [6.45, 7) is 0.532. The van der Waals surface area contributed by atoms with Gasteiger partial charge in [0.1, 0.15) is 5.76 Å². The van der Waals surface area contributed by atoms with Gasteiger partial charge in [-0.05, 0) is 25.0 Å². The largest absolute Gasteiger partial charge is 0.447 e. The second-order valence-electron chi connectivity index (χ2n) is 4.92. The number of hydrogen-bond acceptors (Lipinski definition) is 5. The Bertz CT molecular complexity index is 518. The maximum Gasteiger partial charge on any atom is 0.275 e. The van der Waals surface area contributed by atoms with Crippen molar-refractivity contribution in [3.8, 4) is 0 Å². The molecule has 0 aliphatic heterocycles. The first kappa shape index (κ1) is 14.5. The van der Waals surface area contributed by atoms with Gasteiger partial charge in [0.25, 0.3) is 10.0 Å². The summed E-state index contributed by atoms with van der Waals surface area (Å²) in [4.78, 5) is 0. The third-order valence-electron chi connectivity index (χ3n) is 3.37. The summed E-state index contributed by atoms with van der Waals surface area (Å²) >= 11 is 0. The Morgan fingerprint density at radius 1 is 1.42 bits per heavy atom. The smallest absolute Gasteiger partial charge is 0.275 e. The highest BCUT2D eigenvalue weighted by Gasteiger charge is 2.28. The van der Waals surface area contributed by atoms with Gasteiger partial charge in [-0.2, -0.15) is 0 Å². The molecule has 1 N–H and O–H groups in total. The third kappa shape index (κ3) is 3.17. The molecule has 0 unspecified atom stereocenters. The zero-order valence-electron chi connectivity index (χ0n) is 11.4. The molecule has 19 heavy (non-hydrogen) atoms. The highest BCUT2D eigenvalue weighted by atomic mass is 32.2. The second-order valence-corrected chi connectivity index (χ2v) is 7.00. The molecule has 1 saturated carbocycles. The number of methoxy groups -OCH3 is 1. The molecule has 1 aromatic heterocycles. The summed E-state index contributed by atoms with van der Waals surface area (Å²) in [5.74, 6) is 0.626. The van der Waals surface area contributed by atoms with Crippen molar-refractivity contribution in [2.45, 2.75) is 36.6 Å². The lowest BCUT2D eigenvalue weighted by Gasteiger charge is -2.34. The Morgan fingerprint density at radius 2 is 2.11 bits per heavy atom. The van der Waals surface area contributed by atoms with Gasteiger partial charge in [0.15, 0.2) is 0 Å². The van der Waals surface area contributed by atoms with Crippen LogP contribution in [0.1, 0.15) is 18.6 Å². The molecule has 0 bridgehead atoms. The minimum Gasteiger partial charge on any atom is -0.447 e. The Labute approximate surface area is 113 Å². The van der Waals surface area contributed by atoms with Crippen LogP contribution in [0.25, 0.3) is 0 Å². The van der Waals surface area contributed by atoms with Gasteiger partial charge in [-0.3, -0.25) is 0 Å². The Morgan fingerprint density at radius 3 is 2.68 bits per heavy atom. The van der Waals surface area contributed by atoms with Crippen molar-refractivity contribution in [1.82, 2.24) is 9.62 Å². The van der Waals surface area contributed by atoms with Crippen molar-refractivity contribution in [2.75, 3.05) is 21.2 Å². The number of ether oxygens (including phenoxy) is 1. The molecule has 1 aliphatic carbocycles. The number of hydrogen-bond donors (Lipinski definition) is 1. The van der Waals surface area contributed by atoms with E-state index < -0.39 is 10.0 Å². The van der Waals surface area contributed by atoms with E-state index in [-0.39, 0.29) is 5.09 Å². The molecule has 1 aliphatic rings. The monoisotopic (exact) mass is 288 g/mol. The molecular formula is C12H20N2O4S. The van der Waals surface area contributed by atoms with Gasteiger partial charge in [0.05, 0.1) is 12.6 Å². The van der Waals surface area contributed by atoms with Crippen LogP contribution in [-0.2, 0) is 21.3 Å². The molecule has 0 atom stereocenters. The number of nitrogens with one attached hydrogen (secondary N) is 1. The molecule has 1 heterocycles. The number of rotatable bonds is 6. The van der Waals surface area contributed by atoms with Crippen LogP contribution in [0.15, 0.2) is 21.6 Å². The predicted octanol–water partition coefficient (Wildman–Crippen LogP) is 0.797. The highest BCUT2D eigenvalue weighted by Crippen LogP contribution is 2.23. The van der Waals surface area contributed by atoms with Gasteiger partial charge in [-0.1, -0.05) is 0 Å². The lowest BCUT2D eigenvalue weighted by molar-refractivity contribution is 0.0164. The molecule has 0 amide bonds. The molecule has 0 saturated heterocycles. The molecule has 2 rings (SSSR count). The Hall–Kier alpha value is -0.890.